The number of aromatic hydroxyl groups is 1. The molecule has 1 N–H and O–H groups in total. The SMILES string of the molecule is CCSN1CCN(c2cc(O)cc(OC(C)(C)C)n2)C(C(F)(F)F)C1. The van der Waals surface area contributed by atoms with Crippen LogP contribution in [0.4, 0.5) is 19.0 Å². The van der Waals surface area contributed by atoms with Gasteiger partial charge < -0.3 is 14.7 Å². The lowest BCUT2D eigenvalue weighted by molar-refractivity contribution is -0.153. The van der Waals surface area contributed by atoms with Crippen LogP contribution >= 0.6 is 11.9 Å². The summed E-state index contributed by atoms with van der Waals surface area (Å²) in [4.78, 5) is 5.39. The van der Waals surface area contributed by atoms with E-state index in [0.717, 1.165) is 5.75 Å². The molecule has 1 saturated heterocycles. The molecule has 1 atom stereocenters. The van der Waals surface area contributed by atoms with E-state index in [1.165, 1.54) is 29.0 Å². The summed E-state index contributed by atoms with van der Waals surface area (Å²) in [5.41, 5.74) is -0.571. The summed E-state index contributed by atoms with van der Waals surface area (Å²) in [7, 11) is 0. The van der Waals surface area contributed by atoms with Gasteiger partial charge in [0.2, 0.25) is 5.88 Å². The molecule has 142 valence electrons. The van der Waals surface area contributed by atoms with Crippen molar-refractivity contribution in [2.75, 3.05) is 30.3 Å². The average molecular weight is 379 g/mol. The van der Waals surface area contributed by atoms with Crippen LogP contribution in [0.25, 0.3) is 0 Å². The van der Waals surface area contributed by atoms with Gasteiger partial charge in [-0.25, -0.2) is 4.31 Å². The van der Waals surface area contributed by atoms with Crippen molar-refractivity contribution < 1.29 is 23.0 Å². The number of hydrogen-bond donors (Lipinski definition) is 1. The van der Waals surface area contributed by atoms with Crippen LogP contribution in [-0.2, 0) is 0 Å². The molecular formula is C16H24F3N3O2S. The van der Waals surface area contributed by atoms with E-state index >= 15 is 0 Å². The Labute approximate surface area is 150 Å². The molecule has 2 heterocycles. The largest absolute Gasteiger partial charge is 0.508 e. The standard InChI is InChI=1S/C16H24F3N3O2S/c1-5-25-21-6-7-22(12(10-21)16(17,18)19)13-8-11(23)9-14(20-13)24-15(2,3)4/h8-9,12H,5-7,10H2,1-4H3,(H,20,23). The number of ether oxygens (including phenoxy) is 1. The highest BCUT2D eigenvalue weighted by Crippen LogP contribution is 2.35. The van der Waals surface area contributed by atoms with Crippen LogP contribution in [0.2, 0.25) is 0 Å². The summed E-state index contributed by atoms with van der Waals surface area (Å²) in [6.07, 6.45) is -4.40. The second-order valence-corrected chi connectivity index (χ2v) is 8.14. The number of aromatic nitrogens is 1. The molecule has 1 aliphatic rings. The van der Waals surface area contributed by atoms with Crippen LogP contribution in [0.3, 0.4) is 0 Å². The molecule has 2 rings (SSSR count). The number of rotatable bonds is 4. The van der Waals surface area contributed by atoms with E-state index in [0.29, 0.717) is 6.54 Å². The quantitative estimate of drug-likeness (QED) is 0.806. The normalized spacial score (nSPS) is 20.0. The maximum atomic E-state index is 13.6. The molecule has 5 nitrogen and oxygen atoms in total. The van der Waals surface area contributed by atoms with Crippen LogP contribution in [0.15, 0.2) is 12.1 Å². The van der Waals surface area contributed by atoms with E-state index in [1.807, 2.05) is 6.92 Å². The lowest BCUT2D eigenvalue weighted by atomic mass is 10.1. The van der Waals surface area contributed by atoms with Crippen molar-refractivity contribution in [2.24, 2.45) is 0 Å². The highest BCUT2D eigenvalue weighted by Gasteiger charge is 2.47. The summed E-state index contributed by atoms with van der Waals surface area (Å²) in [6, 6.07) is 0.870. The number of anilines is 1. The van der Waals surface area contributed by atoms with Gasteiger partial charge in [0.1, 0.15) is 23.2 Å². The molecule has 0 aliphatic carbocycles. The molecular weight excluding hydrogens is 355 g/mol. The second-order valence-electron chi connectivity index (χ2n) is 6.79. The van der Waals surface area contributed by atoms with E-state index in [4.69, 9.17) is 4.74 Å². The maximum absolute atomic E-state index is 13.6. The fourth-order valence-electron chi connectivity index (χ4n) is 2.60. The number of hydrogen-bond acceptors (Lipinski definition) is 6. The first-order valence-electron chi connectivity index (χ1n) is 8.11. The molecule has 9 heteroatoms. The van der Waals surface area contributed by atoms with Gasteiger partial charge >= 0.3 is 6.18 Å². The summed E-state index contributed by atoms with van der Waals surface area (Å²) >= 11 is 1.40. The molecule has 0 saturated carbocycles. The first-order valence-corrected chi connectivity index (χ1v) is 9.05. The predicted molar refractivity (Wildman–Crippen MR) is 93.2 cm³/mol. The Morgan fingerprint density at radius 2 is 1.96 bits per heavy atom. The molecule has 1 aromatic rings. The number of halogens is 3. The van der Waals surface area contributed by atoms with E-state index in [-0.39, 0.29) is 30.5 Å². The summed E-state index contributed by atoms with van der Waals surface area (Å²) in [5, 5.41) is 9.90. The Balaban J connectivity index is 2.31. The summed E-state index contributed by atoms with van der Waals surface area (Å²) < 4.78 is 48.0. The predicted octanol–water partition coefficient (Wildman–Crippen LogP) is 3.69. The Morgan fingerprint density at radius 3 is 2.52 bits per heavy atom. The van der Waals surface area contributed by atoms with Gasteiger partial charge in [0, 0.05) is 37.5 Å². The average Bonchev–Trinajstić information content (AvgIpc) is 2.44. The van der Waals surface area contributed by atoms with E-state index in [1.54, 1.807) is 25.1 Å². The van der Waals surface area contributed by atoms with Crippen molar-refractivity contribution in [3.05, 3.63) is 12.1 Å². The third-order valence-electron chi connectivity index (χ3n) is 3.51. The monoisotopic (exact) mass is 379 g/mol. The molecule has 1 fully saturated rings. The molecule has 0 amide bonds. The topological polar surface area (TPSA) is 48.8 Å². The van der Waals surface area contributed by atoms with Crippen LogP contribution in [0.5, 0.6) is 11.6 Å². The molecule has 0 aromatic carbocycles. The zero-order valence-electron chi connectivity index (χ0n) is 14.8. The first kappa shape index (κ1) is 20.0. The third kappa shape index (κ3) is 5.57. The Hall–Kier alpha value is -1.35. The number of piperazine rings is 1. The maximum Gasteiger partial charge on any atom is 0.410 e. The minimum atomic E-state index is -4.40. The molecule has 0 spiro atoms. The Bertz CT molecular complexity index is 593. The fourth-order valence-corrected chi connectivity index (χ4v) is 3.43. The van der Waals surface area contributed by atoms with Crippen LogP contribution in [0.1, 0.15) is 27.7 Å². The van der Waals surface area contributed by atoms with E-state index in [2.05, 4.69) is 4.98 Å². The smallest absolute Gasteiger partial charge is 0.410 e. The van der Waals surface area contributed by atoms with Crippen molar-refractivity contribution in [3.63, 3.8) is 0 Å². The molecule has 0 bridgehead atoms. The van der Waals surface area contributed by atoms with E-state index < -0.39 is 17.8 Å². The van der Waals surface area contributed by atoms with Crippen molar-refractivity contribution in [1.82, 2.24) is 9.29 Å². The number of alkyl halides is 3. The van der Waals surface area contributed by atoms with Crippen molar-refractivity contribution in [3.8, 4) is 11.6 Å². The first-order chi connectivity index (χ1) is 11.5. The molecule has 1 aliphatic heterocycles. The molecule has 0 radical (unpaired) electrons. The van der Waals surface area contributed by atoms with Crippen LogP contribution in [0, 0.1) is 0 Å². The Kier molecular flexibility index (Phi) is 5.98. The summed E-state index contributed by atoms with van der Waals surface area (Å²) in [5.74, 6) is 0.727. The lowest BCUT2D eigenvalue weighted by Crippen LogP contribution is -2.58. The van der Waals surface area contributed by atoms with Gasteiger partial charge in [-0.15, -0.1) is 0 Å². The van der Waals surface area contributed by atoms with Crippen LogP contribution in [-0.4, -0.2) is 57.6 Å². The highest BCUT2D eigenvalue weighted by molar-refractivity contribution is 7.96. The van der Waals surface area contributed by atoms with E-state index in [9.17, 15) is 18.3 Å². The molecule has 1 aromatic heterocycles. The van der Waals surface area contributed by atoms with Gasteiger partial charge in [-0.2, -0.15) is 18.2 Å². The van der Waals surface area contributed by atoms with Crippen molar-refractivity contribution in [2.45, 2.75) is 45.5 Å². The van der Waals surface area contributed by atoms with Gasteiger partial charge in [0.15, 0.2) is 0 Å². The minimum Gasteiger partial charge on any atom is -0.508 e. The molecule has 1 unspecified atom stereocenters. The highest BCUT2D eigenvalue weighted by atomic mass is 32.2. The number of nitrogens with zero attached hydrogens (tertiary/aromatic N) is 3. The van der Waals surface area contributed by atoms with Gasteiger partial charge in [-0.3, -0.25) is 0 Å². The zero-order valence-corrected chi connectivity index (χ0v) is 15.6. The minimum absolute atomic E-state index is 0.0720. The lowest BCUT2D eigenvalue weighted by Gasteiger charge is -2.42. The van der Waals surface area contributed by atoms with Gasteiger partial charge in [0.05, 0.1) is 0 Å². The van der Waals surface area contributed by atoms with Gasteiger partial charge in [0.25, 0.3) is 0 Å². The van der Waals surface area contributed by atoms with Crippen molar-refractivity contribution in [1.29, 1.82) is 0 Å². The fraction of sp³-hybridized carbons (Fsp3) is 0.688. The van der Waals surface area contributed by atoms with Crippen LogP contribution < -0.4 is 9.64 Å². The Morgan fingerprint density at radius 1 is 1.28 bits per heavy atom. The van der Waals surface area contributed by atoms with Crippen molar-refractivity contribution >= 4 is 17.8 Å². The third-order valence-corrected chi connectivity index (χ3v) is 4.47. The second kappa shape index (κ2) is 7.49. The number of pyridine rings is 1. The summed E-state index contributed by atoms with van der Waals surface area (Å²) in [6.45, 7) is 7.83. The zero-order chi connectivity index (χ0) is 18.8. The van der Waals surface area contributed by atoms with Gasteiger partial charge in [-0.1, -0.05) is 18.9 Å². The van der Waals surface area contributed by atoms with Gasteiger partial charge in [-0.05, 0) is 20.8 Å². The molecule has 25 heavy (non-hydrogen) atoms.